The van der Waals surface area contributed by atoms with Crippen LogP contribution in [0.3, 0.4) is 0 Å². The number of likely N-dealkylation sites (tertiary alicyclic amines) is 1. The van der Waals surface area contributed by atoms with Crippen molar-refractivity contribution < 1.29 is 4.79 Å². The molecule has 1 aliphatic heterocycles. The van der Waals surface area contributed by atoms with Gasteiger partial charge >= 0.3 is 0 Å². The Morgan fingerprint density at radius 3 is 2.50 bits per heavy atom. The average molecular weight is 253 g/mol. The van der Waals surface area contributed by atoms with Gasteiger partial charge in [-0.1, -0.05) is 12.8 Å². The number of nitrogens with two attached hydrogens (primary N) is 2. The molecule has 1 saturated heterocycles. The third-order valence-electron chi connectivity index (χ3n) is 4.81. The lowest BCUT2D eigenvalue weighted by Gasteiger charge is -2.41. The number of piperidine rings is 1. The largest absolute Gasteiger partial charge is 0.342 e. The summed E-state index contributed by atoms with van der Waals surface area (Å²) in [5.41, 5.74) is 11.7. The second-order valence-electron chi connectivity index (χ2n) is 6.31. The van der Waals surface area contributed by atoms with E-state index >= 15 is 0 Å². The molecule has 2 rings (SSSR count). The Kier molecular flexibility index (Phi) is 4.28. The summed E-state index contributed by atoms with van der Waals surface area (Å²) in [6, 6.07) is 0. The monoisotopic (exact) mass is 253 g/mol. The first-order valence-corrected chi connectivity index (χ1v) is 7.32. The van der Waals surface area contributed by atoms with E-state index in [1.807, 2.05) is 11.8 Å². The minimum atomic E-state index is -0.306. The zero-order chi connectivity index (χ0) is 13.2. The summed E-state index contributed by atoms with van der Waals surface area (Å²) in [5.74, 6) is 0.917. The lowest BCUT2D eigenvalue weighted by atomic mass is 9.73. The smallest absolute Gasteiger partial charge is 0.227 e. The summed E-state index contributed by atoms with van der Waals surface area (Å²) in [5, 5.41) is 0. The molecule has 104 valence electrons. The molecular formula is C14H27N3O. The van der Waals surface area contributed by atoms with E-state index in [1.165, 1.54) is 0 Å². The number of hydrogen-bond acceptors (Lipinski definition) is 3. The first kappa shape index (κ1) is 13.8. The normalized spacial score (nSPS) is 34.6. The van der Waals surface area contributed by atoms with Crippen molar-refractivity contribution in [2.24, 2.45) is 23.3 Å². The second-order valence-corrected chi connectivity index (χ2v) is 6.31. The van der Waals surface area contributed by atoms with Gasteiger partial charge in [0.05, 0.1) is 5.92 Å². The van der Waals surface area contributed by atoms with Crippen LogP contribution in [0.4, 0.5) is 0 Å². The van der Waals surface area contributed by atoms with Gasteiger partial charge in [0.1, 0.15) is 0 Å². The standard InChI is InChI=1S/C14H27N3O/c1-14(16)7-3-2-4-12(14)13(18)17-8-5-11(10-15)6-9-17/h11-12H,2-10,15-16H2,1H3. The molecule has 0 bridgehead atoms. The summed E-state index contributed by atoms with van der Waals surface area (Å²) in [6.07, 6.45) is 6.34. The van der Waals surface area contributed by atoms with Gasteiger partial charge in [-0.15, -0.1) is 0 Å². The van der Waals surface area contributed by atoms with E-state index in [-0.39, 0.29) is 17.4 Å². The number of carbonyl (C=O) groups is 1. The van der Waals surface area contributed by atoms with Crippen LogP contribution >= 0.6 is 0 Å². The van der Waals surface area contributed by atoms with Crippen LogP contribution in [-0.2, 0) is 4.79 Å². The molecule has 0 aromatic carbocycles. The van der Waals surface area contributed by atoms with Crippen LogP contribution < -0.4 is 11.5 Å². The molecule has 1 heterocycles. The Bertz CT molecular complexity index is 295. The zero-order valence-corrected chi connectivity index (χ0v) is 11.5. The van der Waals surface area contributed by atoms with E-state index in [4.69, 9.17) is 11.5 Å². The fourth-order valence-corrected chi connectivity index (χ4v) is 3.37. The maximum absolute atomic E-state index is 12.6. The maximum Gasteiger partial charge on any atom is 0.227 e. The van der Waals surface area contributed by atoms with Gasteiger partial charge in [0.15, 0.2) is 0 Å². The Hall–Kier alpha value is -0.610. The van der Waals surface area contributed by atoms with E-state index in [1.54, 1.807) is 0 Å². The lowest BCUT2D eigenvalue weighted by Crippen LogP contribution is -2.55. The van der Waals surface area contributed by atoms with Gasteiger partial charge in [0, 0.05) is 18.6 Å². The number of hydrogen-bond donors (Lipinski definition) is 2. The van der Waals surface area contributed by atoms with Gasteiger partial charge < -0.3 is 16.4 Å². The molecule has 1 aliphatic carbocycles. The van der Waals surface area contributed by atoms with Crippen molar-refractivity contribution in [3.05, 3.63) is 0 Å². The topological polar surface area (TPSA) is 72.4 Å². The molecule has 0 radical (unpaired) electrons. The SMILES string of the molecule is CC1(N)CCCCC1C(=O)N1CCC(CN)CC1. The molecule has 0 aromatic heterocycles. The zero-order valence-electron chi connectivity index (χ0n) is 11.5. The maximum atomic E-state index is 12.6. The van der Waals surface area contributed by atoms with Crippen LogP contribution in [0.1, 0.15) is 45.4 Å². The molecule has 0 aromatic rings. The molecule has 4 nitrogen and oxygen atoms in total. The molecule has 18 heavy (non-hydrogen) atoms. The molecule has 0 spiro atoms. The Morgan fingerprint density at radius 2 is 1.94 bits per heavy atom. The van der Waals surface area contributed by atoms with Crippen LogP contribution in [-0.4, -0.2) is 36.0 Å². The Labute approximate surface area is 110 Å². The minimum Gasteiger partial charge on any atom is -0.342 e. The van der Waals surface area contributed by atoms with Gasteiger partial charge in [-0.2, -0.15) is 0 Å². The van der Waals surface area contributed by atoms with E-state index in [0.29, 0.717) is 5.92 Å². The van der Waals surface area contributed by atoms with Crippen molar-refractivity contribution in [1.82, 2.24) is 4.90 Å². The van der Waals surface area contributed by atoms with E-state index in [0.717, 1.165) is 58.2 Å². The number of amides is 1. The molecule has 2 unspecified atom stereocenters. The van der Waals surface area contributed by atoms with Crippen molar-refractivity contribution >= 4 is 5.91 Å². The van der Waals surface area contributed by atoms with Crippen molar-refractivity contribution in [3.8, 4) is 0 Å². The van der Waals surface area contributed by atoms with Crippen molar-refractivity contribution in [2.75, 3.05) is 19.6 Å². The summed E-state index contributed by atoms with van der Waals surface area (Å²) in [7, 11) is 0. The fourth-order valence-electron chi connectivity index (χ4n) is 3.37. The van der Waals surface area contributed by atoms with Gasteiger partial charge in [-0.3, -0.25) is 4.79 Å². The van der Waals surface area contributed by atoms with Crippen LogP contribution in [0.2, 0.25) is 0 Å². The molecule has 1 amide bonds. The Balaban J connectivity index is 1.95. The van der Waals surface area contributed by atoms with Crippen LogP contribution in [0.25, 0.3) is 0 Å². The summed E-state index contributed by atoms with van der Waals surface area (Å²) in [6.45, 7) is 4.53. The molecule has 2 aliphatic rings. The highest BCUT2D eigenvalue weighted by Crippen LogP contribution is 2.33. The van der Waals surface area contributed by atoms with Crippen LogP contribution in [0.5, 0.6) is 0 Å². The van der Waals surface area contributed by atoms with Crippen LogP contribution in [0.15, 0.2) is 0 Å². The van der Waals surface area contributed by atoms with E-state index in [9.17, 15) is 4.79 Å². The van der Waals surface area contributed by atoms with Crippen molar-refractivity contribution in [1.29, 1.82) is 0 Å². The molecule has 1 saturated carbocycles. The highest BCUT2D eigenvalue weighted by molar-refractivity contribution is 5.80. The number of nitrogens with zero attached hydrogens (tertiary/aromatic N) is 1. The summed E-state index contributed by atoms with van der Waals surface area (Å²) >= 11 is 0. The van der Waals surface area contributed by atoms with Crippen LogP contribution in [0, 0.1) is 11.8 Å². The molecule has 2 atom stereocenters. The van der Waals surface area contributed by atoms with E-state index in [2.05, 4.69) is 0 Å². The second kappa shape index (κ2) is 5.57. The first-order valence-electron chi connectivity index (χ1n) is 7.32. The lowest BCUT2D eigenvalue weighted by molar-refractivity contribution is -0.140. The predicted molar refractivity (Wildman–Crippen MR) is 72.9 cm³/mol. The van der Waals surface area contributed by atoms with Crippen molar-refractivity contribution in [3.63, 3.8) is 0 Å². The molecule has 2 fully saturated rings. The fraction of sp³-hybridized carbons (Fsp3) is 0.929. The van der Waals surface area contributed by atoms with E-state index < -0.39 is 0 Å². The van der Waals surface area contributed by atoms with Gasteiger partial charge in [0.25, 0.3) is 0 Å². The predicted octanol–water partition coefficient (Wildman–Crippen LogP) is 1.09. The van der Waals surface area contributed by atoms with Gasteiger partial charge in [-0.25, -0.2) is 0 Å². The molecule has 4 heteroatoms. The highest BCUT2D eigenvalue weighted by Gasteiger charge is 2.40. The van der Waals surface area contributed by atoms with Crippen molar-refractivity contribution in [2.45, 2.75) is 51.0 Å². The molecule has 4 N–H and O–H groups in total. The minimum absolute atomic E-state index is 0.0284. The number of carbonyl (C=O) groups excluding carboxylic acids is 1. The quantitative estimate of drug-likeness (QED) is 0.774. The molecular weight excluding hydrogens is 226 g/mol. The third kappa shape index (κ3) is 2.86. The highest BCUT2D eigenvalue weighted by atomic mass is 16.2. The number of rotatable bonds is 2. The summed E-state index contributed by atoms with van der Waals surface area (Å²) in [4.78, 5) is 14.6. The average Bonchev–Trinajstić information content (AvgIpc) is 2.37. The summed E-state index contributed by atoms with van der Waals surface area (Å²) < 4.78 is 0. The first-order chi connectivity index (χ1) is 8.54. The Morgan fingerprint density at radius 1 is 1.28 bits per heavy atom. The third-order valence-corrected chi connectivity index (χ3v) is 4.81. The van der Waals surface area contributed by atoms with Gasteiger partial charge in [-0.05, 0) is 45.1 Å². The van der Waals surface area contributed by atoms with Gasteiger partial charge in [0.2, 0.25) is 5.91 Å².